The van der Waals surface area contributed by atoms with Crippen LogP contribution in [0.25, 0.3) is 0 Å². The van der Waals surface area contributed by atoms with Crippen molar-refractivity contribution in [2.24, 2.45) is 5.41 Å². The third-order valence-corrected chi connectivity index (χ3v) is 4.41. The van der Waals surface area contributed by atoms with Gasteiger partial charge in [-0.25, -0.2) is 0 Å². The summed E-state index contributed by atoms with van der Waals surface area (Å²) in [5.41, 5.74) is -0.143. The first-order chi connectivity index (χ1) is 7.49. The Balaban J connectivity index is 2.54. The largest absolute Gasteiger partial charge is 0.303 e. The highest BCUT2D eigenvalue weighted by atomic mass is 32.2. The molecule has 1 aliphatic heterocycles. The van der Waals surface area contributed by atoms with E-state index in [9.17, 15) is 4.79 Å². The summed E-state index contributed by atoms with van der Waals surface area (Å²) < 4.78 is 0. The average Bonchev–Trinajstić information content (AvgIpc) is 2.16. The molecule has 94 valence electrons. The van der Waals surface area contributed by atoms with E-state index in [1.165, 1.54) is 0 Å². The number of carbonyl (C=O) groups excluding carboxylic acids is 1. The third-order valence-electron chi connectivity index (χ3n) is 3.19. The normalized spacial score (nSPS) is 31.0. The Kier molecular flexibility index (Phi) is 5.32. The Bertz CT molecular complexity index is 224. The lowest BCUT2D eigenvalue weighted by Gasteiger charge is -2.38. The minimum Gasteiger partial charge on any atom is -0.303 e. The van der Waals surface area contributed by atoms with E-state index in [0.29, 0.717) is 10.5 Å². The Morgan fingerprint density at radius 3 is 2.38 bits per heavy atom. The van der Waals surface area contributed by atoms with Gasteiger partial charge in [-0.05, 0) is 6.42 Å². The second-order valence-electron chi connectivity index (χ2n) is 5.47. The van der Waals surface area contributed by atoms with Crippen LogP contribution in [0.15, 0.2) is 0 Å². The molecule has 1 saturated heterocycles. The van der Waals surface area contributed by atoms with Gasteiger partial charge >= 0.3 is 0 Å². The number of thioether (sulfide) groups is 1. The second kappa shape index (κ2) is 6.06. The SMILES string of the molecule is CCCC(C)(C=O)CN1CC(C)SC(C)C1. The fraction of sp³-hybridized carbons (Fsp3) is 0.923. The third kappa shape index (κ3) is 4.10. The first kappa shape index (κ1) is 14.0. The van der Waals surface area contributed by atoms with Crippen LogP contribution >= 0.6 is 11.8 Å². The maximum Gasteiger partial charge on any atom is 0.127 e. The molecule has 0 bridgehead atoms. The maximum absolute atomic E-state index is 11.2. The zero-order chi connectivity index (χ0) is 12.2. The monoisotopic (exact) mass is 243 g/mol. The molecule has 0 amide bonds. The van der Waals surface area contributed by atoms with Crippen molar-refractivity contribution in [1.82, 2.24) is 4.90 Å². The Morgan fingerprint density at radius 1 is 1.38 bits per heavy atom. The summed E-state index contributed by atoms with van der Waals surface area (Å²) in [5.74, 6) is 0. The van der Waals surface area contributed by atoms with Crippen molar-refractivity contribution in [2.45, 2.75) is 51.0 Å². The van der Waals surface area contributed by atoms with Crippen LogP contribution in [-0.2, 0) is 4.79 Å². The minimum atomic E-state index is -0.143. The van der Waals surface area contributed by atoms with Crippen LogP contribution in [0.2, 0.25) is 0 Å². The summed E-state index contributed by atoms with van der Waals surface area (Å²) >= 11 is 2.06. The quantitative estimate of drug-likeness (QED) is 0.693. The number of nitrogens with zero attached hydrogens (tertiary/aromatic N) is 1. The van der Waals surface area contributed by atoms with Gasteiger partial charge in [0.25, 0.3) is 0 Å². The standard InChI is InChI=1S/C13H25NOS/c1-5-6-13(4,10-15)9-14-7-11(2)16-12(3)8-14/h10-12H,5-9H2,1-4H3. The lowest BCUT2D eigenvalue weighted by Crippen LogP contribution is -2.46. The zero-order valence-electron chi connectivity index (χ0n) is 11.0. The number of carbonyl (C=O) groups is 1. The van der Waals surface area contributed by atoms with Crippen molar-refractivity contribution >= 4 is 18.0 Å². The smallest absolute Gasteiger partial charge is 0.127 e. The summed E-state index contributed by atoms with van der Waals surface area (Å²) in [5, 5.41) is 1.39. The van der Waals surface area contributed by atoms with Crippen LogP contribution in [0, 0.1) is 5.41 Å². The minimum absolute atomic E-state index is 0.143. The molecule has 0 N–H and O–H groups in total. The summed E-state index contributed by atoms with van der Waals surface area (Å²) in [7, 11) is 0. The van der Waals surface area contributed by atoms with E-state index in [1.54, 1.807) is 0 Å². The number of aldehydes is 1. The summed E-state index contributed by atoms with van der Waals surface area (Å²) in [6.07, 6.45) is 3.25. The number of hydrogen-bond acceptors (Lipinski definition) is 3. The van der Waals surface area contributed by atoms with E-state index in [0.717, 1.165) is 38.8 Å². The molecule has 3 unspecified atom stereocenters. The van der Waals surface area contributed by atoms with Crippen LogP contribution in [0.3, 0.4) is 0 Å². The summed E-state index contributed by atoms with van der Waals surface area (Å²) in [6, 6.07) is 0. The summed E-state index contributed by atoms with van der Waals surface area (Å²) in [6.45, 7) is 12.0. The molecule has 1 rings (SSSR count). The molecule has 0 aliphatic carbocycles. The van der Waals surface area contributed by atoms with E-state index in [1.807, 2.05) is 0 Å². The summed E-state index contributed by atoms with van der Waals surface area (Å²) in [4.78, 5) is 13.7. The van der Waals surface area contributed by atoms with Gasteiger partial charge in [-0.2, -0.15) is 11.8 Å². The van der Waals surface area contributed by atoms with Gasteiger partial charge in [0.05, 0.1) is 0 Å². The average molecular weight is 243 g/mol. The van der Waals surface area contributed by atoms with Crippen LogP contribution in [0.5, 0.6) is 0 Å². The highest BCUT2D eigenvalue weighted by molar-refractivity contribution is 8.00. The zero-order valence-corrected chi connectivity index (χ0v) is 11.8. The molecule has 1 aliphatic rings. The van der Waals surface area contributed by atoms with E-state index in [2.05, 4.69) is 44.4 Å². The van der Waals surface area contributed by atoms with Crippen molar-refractivity contribution in [3.8, 4) is 0 Å². The van der Waals surface area contributed by atoms with E-state index in [4.69, 9.17) is 0 Å². The van der Waals surface area contributed by atoms with Crippen molar-refractivity contribution in [2.75, 3.05) is 19.6 Å². The molecule has 3 atom stereocenters. The Morgan fingerprint density at radius 2 is 1.94 bits per heavy atom. The highest BCUT2D eigenvalue weighted by Gasteiger charge is 2.30. The molecule has 16 heavy (non-hydrogen) atoms. The molecule has 0 saturated carbocycles. The molecule has 1 heterocycles. The van der Waals surface area contributed by atoms with Gasteiger partial charge in [0, 0.05) is 35.5 Å². The van der Waals surface area contributed by atoms with E-state index >= 15 is 0 Å². The van der Waals surface area contributed by atoms with Crippen LogP contribution in [0.4, 0.5) is 0 Å². The fourth-order valence-corrected chi connectivity index (χ4v) is 4.06. The predicted octanol–water partition coefficient (Wildman–Crippen LogP) is 2.82. The van der Waals surface area contributed by atoms with E-state index < -0.39 is 0 Å². The van der Waals surface area contributed by atoms with Crippen LogP contribution in [-0.4, -0.2) is 41.3 Å². The van der Waals surface area contributed by atoms with Crippen LogP contribution < -0.4 is 0 Å². The van der Waals surface area contributed by atoms with Crippen molar-refractivity contribution in [3.05, 3.63) is 0 Å². The van der Waals surface area contributed by atoms with E-state index in [-0.39, 0.29) is 5.41 Å². The lowest BCUT2D eigenvalue weighted by molar-refractivity contribution is -0.116. The van der Waals surface area contributed by atoms with Gasteiger partial charge in [0.15, 0.2) is 0 Å². The molecule has 0 aromatic rings. The van der Waals surface area contributed by atoms with Crippen molar-refractivity contribution in [1.29, 1.82) is 0 Å². The molecule has 3 heteroatoms. The predicted molar refractivity (Wildman–Crippen MR) is 72.0 cm³/mol. The maximum atomic E-state index is 11.2. The molecule has 2 nitrogen and oxygen atoms in total. The first-order valence-corrected chi connectivity index (χ1v) is 7.27. The first-order valence-electron chi connectivity index (χ1n) is 6.33. The molecule has 1 fully saturated rings. The van der Waals surface area contributed by atoms with Crippen molar-refractivity contribution < 1.29 is 4.79 Å². The molecule has 0 aromatic heterocycles. The van der Waals surface area contributed by atoms with Gasteiger partial charge in [-0.15, -0.1) is 0 Å². The van der Waals surface area contributed by atoms with Gasteiger partial charge < -0.3 is 9.69 Å². The Hall–Kier alpha value is -0.0200. The van der Waals surface area contributed by atoms with Crippen LogP contribution in [0.1, 0.15) is 40.5 Å². The molecule has 0 radical (unpaired) electrons. The molecule has 0 spiro atoms. The Labute approximate surface area is 104 Å². The molecular formula is C13H25NOS. The topological polar surface area (TPSA) is 20.3 Å². The molecule has 0 aromatic carbocycles. The van der Waals surface area contributed by atoms with Gasteiger partial charge in [-0.3, -0.25) is 0 Å². The highest BCUT2D eigenvalue weighted by Crippen LogP contribution is 2.28. The van der Waals surface area contributed by atoms with Gasteiger partial charge in [-0.1, -0.05) is 34.1 Å². The number of hydrogen-bond donors (Lipinski definition) is 0. The molecular weight excluding hydrogens is 218 g/mol. The van der Waals surface area contributed by atoms with Crippen molar-refractivity contribution in [3.63, 3.8) is 0 Å². The fourth-order valence-electron chi connectivity index (χ4n) is 2.67. The van der Waals surface area contributed by atoms with Gasteiger partial charge in [0.1, 0.15) is 6.29 Å². The number of rotatable bonds is 5. The van der Waals surface area contributed by atoms with Gasteiger partial charge in [0.2, 0.25) is 0 Å². The lowest BCUT2D eigenvalue weighted by atomic mass is 9.86. The second-order valence-corrected chi connectivity index (χ2v) is 7.35.